The molecule has 0 aliphatic carbocycles. The number of hydrogen-bond acceptors (Lipinski definition) is 5. The fourth-order valence-corrected chi connectivity index (χ4v) is 4.50. The number of benzene rings is 2. The van der Waals surface area contributed by atoms with Crippen LogP contribution >= 0.6 is 11.3 Å². The maximum absolute atomic E-state index is 13.1. The van der Waals surface area contributed by atoms with E-state index in [4.69, 9.17) is 0 Å². The monoisotopic (exact) mass is 408 g/mol. The second kappa shape index (κ2) is 7.29. The van der Waals surface area contributed by atoms with Gasteiger partial charge in [-0.3, -0.25) is 14.5 Å². The molecule has 4 amide bonds. The van der Waals surface area contributed by atoms with Gasteiger partial charge in [0.1, 0.15) is 12.1 Å². The second-order valence-electron chi connectivity index (χ2n) is 6.98. The predicted molar refractivity (Wildman–Crippen MR) is 112 cm³/mol. The molecule has 1 atom stereocenters. The number of fused-ring (bicyclic) bond motifs is 1. The van der Waals surface area contributed by atoms with Crippen LogP contribution in [0.15, 0.2) is 48.5 Å². The van der Waals surface area contributed by atoms with Crippen molar-refractivity contribution in [2.45, 2.75) is 25.8 Å². The van der Waals surface area contributed by atoms with E-state index in [0.29, 0.717) is 17.1 Å². The molecule has 3 aromatic rings. The fourth-order valence-electron chi connectivity index (χ4n) is 3.52. The van der Waals surface area contributed by atoms with Gasteiger partial charge in [-0.15, -0.1) is 0 Å². The summed E-state index contributed by atoms with van der Waals surface area (Å²) in [6.45, 7) is 3.45. The Hall–Kier alpha value is -3.26. The maximum Gasteiger partial charge on any atom is 0.325 e. The molecule has 2 N–H and O–H groups in total. The number of anilines is 1. The number of aromatic nitrogens is 1. The van der Waals surface area contributed by atoms with Crippen LogP contribution in [0.2, 0.25) is 0 Å². The third-order valence-electron chi connectivity index (χ3n) is 5.06. The maximum atomic E-state index is 13.1. The molecule has 0 radical (unpaired) electrons. The molecule has 148 valence electrons. The van der Waals surface area contributed by atoms with E-state index in [1.165, 1.54) is 11.3 Å². The molecule has 2 aromatic carbocycles. The Morgan fingerprint density at radius 2 is 1.97 bits per heavy atom. The summed E-state index contributed by atoms with van der Waals surface area (Å²) in [6.07, 6.45) is 0.386. The summed E-state index contributed by atoms with van der Waals surface area (Å²) >= 11 is 1.35. The molecule has 1 saturated heterocycles. The van der Waals surface area contributed by atoms with Gasteiger partial charge in [0.05, 0.1) is 10.2 Å². The van der Waals surface area contributed by atoms with Crippen LogP contribution in [0.5, 0.6) is 0 Å². The number of carbonyl (C=O) groups is 3. The number of imide groups is 1. The van der Waals surface area contributed by atoms with Gasteiger partial charge in [-0.05, 0) is 36.6 Å². The number of nitrogens with zero attached hydrogens (tertiary/aromatic N) is 2. The quantitative estimate of drug-likeness (QED) is 0.633. The summed E-state index contributed by atoms with van der Waals surface area (Å²) in [6, 6.07) is 14.3. The van der Waals surface area contributed by atoms with Crippen LogP contribution < -0.4 is 10.6 Å². The van der Waals surface area contributed by atoms with Crippen molar-refractivity contribution in [3.05, 3.63) is 59.7 Å². The fraction of sp³-hybridized carbons (Fsp3) is 0.238. The second-order valence-corrected chi connectivity index (χ2v) is 8.02. The lowest BCUT2D eigenvalue weighted by Gasteiger charge is -2.25. The number of amides is 4. The molecular formula is C21H20N4O3S. The van der Waals surface area contributed by atoms with E-state index in [9.17, 15) is 14.4 Å². The number of nitrogens with one attached hydrogen (secondary N) is 2. The minimum atomic E-state index is -1.15. The third-order valence-corrected chi connectivity index (χ3v) is 6.00. The molecule has 2 heterocycles. The highest BCUT2D eigenvalue weighted by molar-refractivity contribution is 7.22. The molecule has 1 aromatic heterocycles. The summed E-state index contributed by atoms with van der Waals surface area (Å²) in [5.41, 5.74) is 1.45. The van der Waals surface area contributed by atoms with E-state index in [0.717, 1.165) is 20.7 Å². The molecule has 1 fully saturated rings. The molecular weight excluding hydrogens is 388 g/mol. The SMILES string of the molecule is CCC1(c2ccccc2)NC(=O)N(CC(=O)Nc2nc3ccc(C)cc3s2)C1=O. The van der Waals surface area contributed by atoms with Crippen molar-refractivity contribution in [1.82, 2.24) is 15.2 Å². The Morgan fingerprint density at radius 1 is 1.21 bits per heavy atom. The molecule has 0 saturated carbocycles. The van der Waals surface area contributed by atoms with Crippen LogP contribution in [0, 0.1) is 6.92 Å². The van der Waals surface area contributed by atoms with Crippen molar-refractivity contribution in [1.29, 1.82) is 0 Å². The summed E-state index contributed by atoms with van der Waals surface area (Å²) in [4.78, 5) is 43.4. The molecule has 1 aliphatic rings. The van der Waals surface area contributed by atoms with Crippen LogP contribution in [0.1, 0.15) is 24.5 Å². The largest absolute Gasteiger partial charge is 0.325 e. The molecule has 0 spiro atoms. The van der Waals surface area contributed by atoms with Crippen LogP contribution in [-0.4, -0.2) is 34.3 Å². The highest BCUT2D eigenvalue weighted by atomic mass is 32.1. The van der Waals surface area contributed by atoms with Gasteiger partial charge < -0.3 is 10.6 Å². The van der Waals surface area contributed by atoms with Gasteiger partial charge in [0.15, 0.2) is 5.13 Å². The average Bonchev–Trinajstić information content (AvgIpc) is 3.21. The smallest absolute Gasteiger partial charge is 0.319 e. The average molecular weight is 408 g/mol. The Kier molecular flexibility index (Phi) is 4.79. The molecule has 8 heteroatoms. The van der Waals surface area contributed by atoms with Gasteiger partial charge in [-0.25, -0.2) is 9.78 Å². The normalized spacial score (nSPS) is 18.9. The molecule has 4 rings (SSSR count). The van der Waals surface area contributed by atoms with Crippen LogP contribution in [-0.2, 0) is 15.1 Å². The molecule has 29 heavy (non-hydrogen) atoms. The van der Waals surface area contributed by atoms with E-state index in [2.05, 4.69) is 15.6 Å². The van der Waals surface area contributed by atoms with E-state index in [-0.39, 0.29) is 6.54 Å². The predicted octanol–water partition coefficient (Wildman–Crippen LogP) is 3.40. The standard InChI is InChI=1S/C21H20N4O3S/c1-3-21(14-7-5-4-6-8-14)18(27)25(20(28)24-21)12-17(26)23-19-22-15-10-9-13(2)11-16(15)29-19/h4-11H,3,12H2,1-2H3,(H,24,28)(H,22,23,26). The zero-order chi connectivity index (χ0) is 20.6. The van der Waals surface area contributed by atoms with E-state index in [1.54, 1.807) is 12.1 Å². The van der Waals surface area contributed by atoms with Gasteiger partial charge in [0.2, 0.25) is 5.91 Å². The highest BCUT2D eigenvalue weighted by Crippen LogP contribution is 2.32. The number of hydrogen-bond donors (Lipinski definition) is 2. The van der Waals surface area contributed by atoms with Gasteiger partial charge >= 0.3 is 6.03 Å². The van der Waals surface area contributed by atoms with Crippen molar-refractivity contribution >= 4 is 44.5 Å². The Bertz CT molecular complexity index is 1110. The summed E-state index contributed by atoms with van der Waals surface area (Å²) in [5, 5.41) is 5.91. The molecule has 7 nitrogen and oxygen atoms in total. The van der Waals surface area contributed by atoms with Gasteiger partial charge in [-0.1, -0.05) is 54.7 Å². The zero-order valence-corrected chi connectivity index (χ0v) is 16.9. The minimum absolute atomic E-state index is 0.367. The van der Waals surface area contributed by atoms with E-state index in [1.807, 2.05) is 50.2 Å². The third kappa shape index (κ3) is 3.36. The summed E-state index contributed by atoms with van der Waals surface area (Å²) < 4.78 is 0.962. The van der Waals surface area contributed by atoms with Crippen LogP contribution in [0.3, 0.4) is 0 Å². The van der Waals surface area contributed by atoms with E-state index >= 15 is 0 Å². The first-order valence-electron chi connectivity index (χ1n) is 9.29. The van der Waals surface area contributed by atoms with Gasteiger partial charge in [-0.2, -0.15) is 0 Å². The summed E-state index contributed by atoms with van der Waals surface area (Å²) in [7, 11) is 0. The van der Waals surface area contributed by atoms with Crippen LogP contribution in [0.25, 0.3) is 10.2 Å². The molecule has 1 aliphatic heterocycles. The van der Waals surface area contributed by atoms with Gasteiger partial charge in [0, 0.05) is 0 Å². The number of carbonyl (C=O) groups excluding carboxylic acids is 3. The molecule has 0 bridgehead atoms. The van der Waals surface area contributed by atoms with Crippen LogP contribution in [0.4, 0.5) is 9.93 Å². The lowest BCUT2D eigenvalue weighted by molar-refractivity contribution is -0.134. The first-order valence-corrected chi connectivity index (χ1v) is 10.1. The first-order chi connectivity index (χ1) is 13.9. The minimum Gasteiger partial charge on any atom is -0.319 e. The lowest BCUT2D eigenvalue weighted by atomic mass is 9.87. The number of urea groups is 1. The number of rotatable bonds is 5. The highest BCUT2D eigenvalue weighted by Gasteiger charge is 2.51. The Balaban J connectivity index is 1.51. The Morgan fingerprint density at radius 3 is 2.69 bits per heavy atom. The number of aryl methyl sites for hydroxylation is 1. The number of thiazole rings is 1. The lowest BCUT2D eigenvalue weighted by Crippen LogP contribution is -2.44. The Labute approximate surface area is 171 Å². The van der Waals surface area contributed by atoms with E-state index < -0.39 is 23.4 Å². The molecule has 1 unspecified atom stereocenters. The summed E-state index contributed by atoms with van der Waals surface area (Å²) in [5.74, 6) is -0.893. The zero-order valence-electron chi connectivity index (χ0n) is 16.1. The first kappa shape index (κ1) is 19.1. The van der Waals surface area contributed by atoms with Crippen molar-refractivity contribution < 1.29 is 14.4 Å². The van der Waals surface area contributed by atoms with Crippen molar-refractivity contribution in [2.24, 2.45) is 0 Å². The topological polar surface area (TPSA) is 91.4 Å². The van der Waals surface area contributed by atoms with Crippen molar-refractivity contribution in [3.8, 4) is 0 Å². The van der Waals surface area contributed by atoms with Crippen molar-refractivity contribution in [3.63, 3.8) is 0 Å². The van der Waals surface area contributed by atoms with Crippen molar-refractivity contribution in [2.75, 3.05) is 11.9 Å². The van der Waals surface area contributed by atoms with Gasteiger partial charge in [0.25, 0.3) is 5.91 Å².